The fraction of sp³-hybridized carbons (Fsp3) is 0.250. The molecule has 4 nitrogen and oxygen atoms in total. The Morgan fingerprint density at radius 3 is 2.76 bits per heavy atom. The van der Waals surface area contributed by atoms with Crippen molar-refractivity contribution in [2.75, 3.05) is 6.54 Å². The highest BCUT2D eigenvalue weighted by molar-refractivity contribution is 5.42. The van der Waals surface area contributed by atoms with Gasteiger partial charge in [-0.3, -0.25) is 4.57 Å². The maximum atomic E-state index is 13.3. The summed E-state index contributed by atoms with van der Waals surface area (Å²) in [6.07, 6.45) is 0. The molecule has 0 bridgehead atoms. The van der Waals surface area contributed by atoms with E-state index in [1.54, 1.807) is 13.0 Å². The zero-order valence-corrected chi connectivity index (χ0v) is 12.0. The zero-order chi connectivity index (χ0) is 15.4. The number of aromatic nitrogens is 2. The van der Waals surface area contributed by atoms with Crippen molar-refractivity contribution in [3.8, 4) is 11.8 Å². The summed E-state index contributed by atoms with van der Waals surface area (Å²) in [7, 11) is 0. The molecule has 2 N–H and O–H groups in total. The highest BCUT2D eigenvalue weighted by Gasteiger charge is 2.08. The highest BCUT2D eigenvalue weighted by Crippen LogP contribution is 2.12. The Morgan fingerprint density at radius 2 is 2.10 bits per heavy atom. The third-order valence-corrected chi connectivity index (χ3v) is 3.07. The summed E-state index contributed by atoms with van der Waals surface area (Å²) in [5, 5.41) is 0. The molecular weight excluding hydrogens is 269 g/mol. The Labute approximate surface area is 122 Å². The Hall–Kier alpha value is -2.45. The van der Waals surface area contributed by atoms with Crippen molar-refractivity contribution in [3.63, 3.8) is 0 Å². The predicted molar refractivity (Wildman–Crippen MR) is 79.4 cm³/mol. The van der Waals surface area contributed by atoms with Crippen LogP contribution in [0.4, 0.5) is 4.39 Å². The van der Waals surface area contributed by atoms with E-state index in [0.29, 0.717) is 17.8 Å². The first-order valence-corrected chi connectivity index (χ1v) is 6.53. The summed E-state index contributed by atoms with van der Waals surface area (Å²) >= 11 is 0. The van der Waals surface area contributed by atoms with Crippen LogP contribution in [-0.2, 0) is 6.54 Å². The van der Waals surface area contributed by atoms with Crippen LogP contribution in [0.3, 0.4) is 0 Å². The molecule has 5 heteroatoms. The maximum Gasteiger partial charge on any atom is 0.348 e. The summed E-state index contributed by atoms with van der Waals surface area (Å²) in [5.41, 5.74) is 7.79. The number of nitrogens with two attached hydrogens (primary N) is 1. The summed E-state index contributed by atoms with van der Waals surface area (Å²) in [5.74, 6) is 5.17. The van der Waals surface area contributed by atoms with Crippen LogP contribution in [0.1, 0.15) is 22.5 Å². The Balaban J connectivity index is 2.47. The lowest BCUT2D eigenvalue weighted by molar-refractivity contribution is 0.624. The lowest BCUT2D eigenvalue weighted by Gasteiger charge is -2.11. The van der Waals surface area contributed by atoms with Gasteiger partial charge in [-0.1, -0.05) is 17.9 Å². The molecule has 0 fully saturated rings. The summed E-state index contributed by atoms with van der Waals surface area (Å²) < 4.78 is 14.9. The Bertz CT molecular complexity index is 784. The molecule has 0 spiro atoms. The number of nitrogens with zero attached hydrogens (tertiary/aromatic N) is 2. The topological polar surface area (TPSA) is 60.9 Å². The average molecular weight is 285 g/mol. The summed E-state index contributed by atoms with van der Waals surface area (Å²) in [4.78, 5) is 15.9. The van der Waals surface area contributed by atoms with Gasteiger partial charge in [0, 0.05) is 17.0 Å². The van der Waals surface area contributed by atoms with Gasteiger partial charge < -0.3 is 5.73 Å². The molecule has 108 valence electrons. The molecule has 1 aromatic heterocycles. The second-order valence-corrected chi connectivity index (χ2v) is 4.71. The molecule has 0 atom stereocenters. The first-order chi connectivity index (χ1) is 10.0. The average Bonchev–Trinajstić information content (AvgIpc) is 2.42. The first kappa shape index (κ1) is 14.9. The second-order valence-electron chi connectivity index (χ2n) is 4.71. The molecule has 0 radical (unpaired) electrons. The summed E-state index contributed by atoms with van der Waals surface area (Å²) in [6, 6.07) is 6.16. The first-order valence-electron chi connectivity index (χ1n) is 6.53. The van der Waals surface area contributed by atoms with Gasteiger partial charge in [-0.15, -0.1) is 0 Å². The van der Waals surface area contributed by atoms with Crippen LogP contribution in [0, 0.1) is 31.5 Å². The fourth-order valence-electron chi connectivity index (χ4n) is 2.09. The SMILES string of the molecule is Cc1cc(C)n(Cc2ccc(F)cc2C#CCN)c(=O)n1. The molecule has 2 aromatic rings. The van der Waals surface area contributed by atoms with Gasteiger partial charge in [0.1, 0.15) is 5.82 Å². The van der Waals surface area contributed by atoms with Gasteiger partial charge in [0.05, 0.1) is 13.1 Å². The lowest BCUT2D eigenvalue weighted by Crippen LogP contribution is -2.26. The van der Waals surface area contributed by atoms with Crippen LogP contribution in [0.2, 0.25) is 0 Å². The van der Waals surface area contributed by atoms with E-state index in [4.69, 9.17) is 5.73 Å². The molecule has 0 unspecified atom stereocenters. The van der Waals surface area contributed by atoms with Crippen LogP contribution in [0.15, 0.2) is 29.1 Å². The standard InChI is InChI=1S/C16H16FN3O/c1-11-8-12(2)20(16(21)19-11)10-14-5-6-15(17)9-13(14)4-3-7-18/h5-6,8-9H,7,10,18H2,1-2H3. The normalized spacial score (nSPS) is 10.1. The third-order valence-electron chi connectivity index (χ3n) is 3.07. The molecule has 2 rings (SSSR count). The van der Waals surface area contributed by atoms with Gasteiger partial charge in [0.15, 0.2) is 0 Å². The van der Waals surface area contributed by atoms with Crippen molar-refractivity contribution in [1.29, 1.82) is 0 Å². The molecule has 0 aliphatic carbocycles. The fourth-order valence-corrected chi connectivity index (χ4v) is 2.09. The molecule has 0 aliphatic rings. The summed E-state index contributed by atoms with van der Waals surface area (Å²) in [6.45, 7) is 4.10. The quantitative estimate of drug-likeness (QED) is 0.847. The number of aryl methyl sites for hydroxylation is 2. The molecule has 21 heavy (non-hydrogen) atoms. The number of benzene rings is 1. The van der Waals surface area contributed by atoms with E-state index < -0.39 is 0 Å². The van der Waals surface area contributed by atoms with Crippen molar-refractivity contribution in [2.45, 2.75) is 20.4 Å². The van der Waals surface area contributed by atoms with E-state index in [2.05, 4.69) is 16.8 Å². The van der Waals surface area contributed by atoms with E-state index in [9.17, 15) is 9.18 Å². The maximum absolute atomic E-state index is 13.3. The molecular formula is C16H16FN3O. The second kappa shape index (κ2) is 6.33. The number of halogens is 1. The van der Waals surface area contributed by atoms with Crippen LogP contribution in [0.5, 0.6) is 0 Å². The van der Waals surface area contributed by atoms with Crippen LogP contribution < -0.4 is 11.4 Å². The van der Waals surface area contributed by atoms with Gasteiger partial charge in [0.2, 0.25) is 0 Å². The minimum Gasteiger partial charge on any atom is -0.320 e. The lowest BCUT2D eigenvalue weighted by atomic mass is 10.1. The molecule has 1 aromatic carbocycles. The predicted octanol–water partition coefficient (Wildman–Crippen LogP) is 1.36. The molecule has 0 saturated heterocycles. The van der Waals surface area contributed by atoms with Crippen LogP contribution in [-0.4, -0.2) is 16.1 Å². The molecule has 0 amide bonds. The van der Waals surface area contributed by atoms with E-state index in [0.717, 1.165) is 11.3 Å². The van der Waals surface area contributed by atoms with Gasteiger partial charge in [0.25, 0.3) is 0 Å². The number of hydrogen-bond donors (Lipinski definition) is 1. The van der Waals surface area contributed by atoms with Crippen molar-refractivity contribution in [1.82, 2.24) is 9.55 Å². The molecule has 1 heterocycles. The van der Waals surface area contributed by atoms with Crippen molar-refractivity contribution in [3.05, 3.63) is 63.1 Å². The van der Waals surface area contributed by atoms with E-state index in [1.807, 2.05) is 13.0 Å². The Kier molecular flexibility index (Phi) is 4.51. The smallest absolute Gasteiger partial charge is 0.320 e. The van der Waals surface area contributed by atoms with Crippen molar-refractivity contribution >= 4 is 0 Å². The largest absolute Gasteiger partial charge is 0.348 e. The molecule has 0 aliphatic heterocycles. The third kappa shape index (κ3) is 3.56. The minimum atomic E-state index is -0.369. The minimum absolute atomic E-state index is 0.195. The Morgan fingerprint density at radius 1 is 1.33 bits per heavy atom. The monoisotopic (exact) mass is 285 g/mol. The van der Waals surface area contributed by atoms with Gasteiger partial charge in [-0.05, 0) is 37.6 Å². The molecule has 0 saturated carbocycles. The van der Waals surface area contributed by atoms with Crippen LogP contribution in [0.25, 0.3) is 0 Å². The van der Waals surface area contributed by atoms with E-state index in [-0.39, 0.29) is 18.1 Å². The van der Waals surface area contributed by atoms with Gasteiger partial charge in [-0.2, -0.15) is 4.98 Å². The van der Waals surface area contributed by atoms with Gasteiger partial charge >= 0.3 is 5.69 Å². The van der Waals surface area contributed by atoms with Crippen LogP contribution >= 0.6 is 0 Å². The van der Waals surface area contributed by atoms with Crippen molar-refractivity contribution < 1.29 is 4.39 Å². The van der Waals surface area contributed by atoms with E-state index in [1.165, 1.54) is 16.7 Å². The number of rotatable bonds is 2. The van der Waals surface area contributed by atoms with E-state index >= 15 is 0 Å². The highest BCUT2D eigenvalue weighted by atomic mass is 19.1. The zero-order valence-electron chi connectivity index (χ0n) is 12.0. The number of hydrogen-bond acceptors (Lipinski definition) is 3. The van der Waals surface area contributed by atoms with Crippen molar-refractivity contribution in [2.24, 2.45) is 5.73 Å². The van der Waals surface area contributed by atoms with Gasteiger partial charge in [-0.25, -0.2) is 9.18 Å².